The molecule has 5 nitrogen and oxygen atoms in total. The predicted molar refractivity (Wildman–Crippen MR) is 115 cm³/mol. The molecule has 1 N–H and O–H groups in total. The quantitative estimate of drug-likeness (QED) is 0.784. The van der Waals surface area contributed by atoms with Crippen molar-refractivity contribution in [3.8, 4) is 0 Å². The van der Waals surface area contributed by atoms with Gasteiger partial charge in [-0.05, 0) is 56.3 Å². The molecule has 3 heterocycles. The van der Waals surface area contributed by atoms with Gasteiger partial charge in [0.1, 0.15) is 5.84 Å². The Morgan fingerprint density at radius 3 is 2.43 bits per heavy atom. The number of aryl methyl sites for hydroxylation is 1. The third-order valence-corrected chi connectivity index (χ3v) is 6.40. The minimum Gasteiger partial charge on any atom is -0.301 e. The van der Waals surface area contributed by atoms with Crippen molar-refractivity contribution in [3.63, 3.8) is 0 Å². The van der Waals surface area contributed by atoms with Gasteiger partial charge in [0, 0.05) is 31.7 Å². The lowest BCUT2D eigenvalue weighted by atomic mass is 9.96. The summed E-state index contributed by atoms with van der Waals surface area (Å²) in [6, 6.07) is 8.93. The normalized spacial score (nSPS) is 26.6. The van der Waals surface area contributed by atoms with E-state index in [4.69, 9.17) is 4.99 Å². The summed E-state index contributed by atoms with van der Waals surface area (Å²) < 4.78 is 0. The van der Waals surface area contributed by atoms with Crippen LogP contribution in [-0.4, -0.2) is 49.0 Å². The Hall–Kier alpha value is -1.88. The number of carbonyl (C=O) groups is 1. The van der Waals surface area contributed by atoms with E-state index in [0.29, 0.717) is 6.04 Å². The van der Waals surface area contributed by atoms with Gasteiger partial charge in [-0.1, -0.05) is 37.8 Å². The highest BCUT2D eigenvalue weighted by Crippen LogP contribution is 2.22. The molecule has 3 aliphatic heterocycles. The van der Waals surface area contributed by atoms with Gasteiger partial charge >= 0.3 is 6.03 Å². The van der Waals surface area contributed by atoms with E-state index >= 15 is 0 Å². The molecule has 0 spiro atoms. The number of nitrogens with one attached hydrogen (secondary N) is 1. The van der Waals surface area contributed by atoms with Crippen LogP contribution in [0.25, 0.3) is 0 Å². The molecule has 4 bridgehead atoms. The summed E-state index contributed by atoms with van der Waals surface area (Å²) in [5.74, 6) is 0.887. The van der Waals surface area contributed by atoms with Crippen LogP contribution < -0.4 is 10.2 Å². The van der Waals surface area contributed by atoms with Gasteiger partial charge in [-0.15, -0.1) is 0 Å². The number of urea groups is 1. The molecule has 0 aromatic heterocycles. The summed E-state index contributed by atoms with van der Waals surface area (Å²) >= 11 is 0. The smallest absolute Gasteiger partial charge is 0.301 e. The second kappa shape index (κ2) is 9.55. The van der Waals surface area contributed by atoms with Crippen molar-refractivity contribution in [3.05, 3.63) is 29.8 Å². The maximum atomic E-state index is 13.1. The van der Waals surface area contributed by atoms with Crippen LogP contribution in [0.4, 0.5) is 10.5 Å². The first-order chi connectivity index (χ1) is 13.8. The van der Waals surface area contributed by atoms with Crippen molar-refractivity contribution in [1.29, 1.82) is 0 Å². The number of hydrogen-bond acceptors (Lipinski definition) is 3. The summed E-state index contributed by atoms with van der Waals surface area (Å²) in [6.07, 6.45) is 11.9. The highest BCUT2D eigenvalue weighted by Gasteiger charge is 2.23. The van der Waals surface area contributed by atoms with E-state index in [-0.39, 0.29) is 6.03 Å². The number of rotatable bonds is 1. The zero-order chi connectivity index (χ0) is 19.2. The van der Waals surface area contributed by atoms with E-state index in [1.165, 1.54) is 44.1 Å². The van der Waals surface area contributed by atoms with Crippen LogP contribution >= 0.6 is 0 Å². The Balaban J connectivity index is 1.59. The average molecular weight is 383 g/mol. The Labute approximate surface area is 169 Å². The van der Waals surface area contributed by atoms with E-state index in [0.717, 1.165) is 63.4 Å². The maximum absolute atomic E-state index is 13.1. The van der Waals surface area contributed by atoms with Crippen LogP contribution in [0, 0.1) is 0 Å². The van der Waals surface area contributed by atoms with Gasteiger partial charge in [0.25, 0.3) is 0 Å². The van der Waals surface area contributed by atoms with Crippen molar-refractivity contribution in [2.24, 2.45) is 4.99 Å². The second-order valence-corrected chi connectivity index (χ2v) is 8.52. The van der Waals surface area contributed by atoms with Crippen LogP contribution in [0.3, 0.4) is 0 Å². The molecule has 1 saturated carbocycles. The number of carbonyl (C=O) groups excluding carboxylic acids is 1. The lowest BCUT2D eigenvalue weighted by Gasteiger charge is -2.25. The van der Waals surface area contributed by atoms with Gasteiger partial charge in [0.05, 0.1) is 6.04 Å². The summed E-state index contributed by atoms with van der Waals surface area (Å²) in [4.78, 5) is 22.5. The average Bonchev–Trinajstić information content (AvgIpc) is 2.80. The Kier molecular flexibility index (Phi) is 6.63. The summed E-state index contributed by atoms with van der Waals surface area (Å²) in [6.45, 7) is 3.75. The predicted octanol–water partition coefficient (Wildman–Crippen LogP) is 4.37. The van der Waals surface area contributed by atoms with Gasteiger partial charge in [0.15, 0.2) is 0 Å². The molecule has 2 amide bonds. The third-order valence-electron chi connectivity index (χ3n) is 6.40. The highest BCUT2D eigenvalue weighted by atomic mass is 16.2. The summed E-state index contributed by atoms with van der Waals surface area (Å²) in [7, 11) is 0. The molecule has 4 aliphatic rings. The Morgan fingerprint density at radius 2 is 1.61 bits per heavy atom. The van der Waals surface area contributed by atoms with Crippen LogP contribution in [0.15, 0.2) is 29.3 Å². The lowest BCUT2D eigenvalue weighted by Crippen LogP contribution is -2.44. The van der Waals surface area contributed by atoms with Gasteiger partial charge in [-0.2, -0.15) is 0 Å². The minimum atomic E-state index is -0.0287. The molecular formula is C23H34N4O. The zero-order valence-corrected chi connectivity index (χ0v) is 17.0. The van der Waals surface area contributed by atoms with Crippen LogP contribution in [0.5, 0.6) is 0 Å². The van der Waals surface area contributed by atoms with Crippen LogP contribution in [-0.2, 0) is 6.42 Å². The number of nitrogens with zero attached hydrogens (tertiary/aromatic N) is 3. The fraction of sp³-hybridized carbons (Fsp3) is 0.652. The fourth-order valence-electron chi connectivity index (χ4n) is 4.65. The first-order valence-electron chi connectivity index (χ1n) is 11.2. The highest BCUT2D eigenvalue weighted by molar-refractivity contribution is 6.04. The number of anilines is 1. The number of benzene rings is 1. The number of amidine groups is 1. The van der Waals surface area contributed by atoms with Crippen molar-refractivity contribution in [2.45, 2.75) is 70.3 Å². The van der Waals surface area contributed by atoms with Crippen LogP contribution in [0.1, 0.15) is 63.4 Å². The molecule has 1 aromatic rings. The van der Waals surface area contributed by atoms with E-state index in [2.05, 4.69) is 34.5 Å². The van der Waals surface area contributed by atoms with Gasteiger partial charge in [-0.25, -0.2) is 4.79 Å². The van der Waals surface area contributed by atoms with Crippen LogP contribution in [0.2, 0.25) is 0 Å². The Bertz CT molecular complexity index is 678. The number of hydrogen-bond donors (Lipinski definition) is 1. The third kappa shape index (κ3) is 5.13. The minimum absolute atomic E-state index is 0.0287. The molecule has 28 heavy (non-hydrogen) atoms. The van der Waals surface area contributed by atoms with E-state index in [9.17, 15) is 4.79 Å². The molecule has 1 saturated heterocycles. The van der Waals surface area contributed by atoms with Crippen molar-refractivity contribution in [2.75, 3.05) is 31.1 Å². The molecule has 0 radical (unpaired) electrons. The first-order valence-corrected chi connectivity index (χ1v) is 11.2. The summed E-state index contributed by atoms with van der Waals surface area (Å²) in [5.41, 5.74) is 2.35. The Morgan fingerprint density at radius 1 is 0.821 bits per heavy atom. The molecule has 1 aliphatic carbocycles. The molecule has 2 fully saturated rings. The number of aliphatic imine (C=N–C) groups is 1. The number of fused-ring (bicyclic) bond motifs is 6. The van der Waals surface area contributed by atoms with Crippen molar-refractivity contribution < 1.29 is 4.79 Å². The fourth-order valence-corrected chi connectivity index (χ4v) is 4.65. The molecule has 5 heteroatoms. The van der Waals surface area contributed by atoms with Gasteiger partial charge in [-0.3, -0.25) is 15.2 Å². The first kappa shape index (κ1) is 19.4. The maximum Gasteiger partial charge on any atom is 0.327 e. The SMILES string of the molecule is O=C1NC(=NC2CCCCC2)CCN2CCCCCc3ccc(cc3)N1CC2. The van der Waals surface area contributed by atoms with Gasteiger partial charge in [0.2, 0.25) is 0 Å². The molecule has 1 unspecified atom stereocenters. The zero-order valence-electron chi connectivity index (χ0n) is 17.0. The molecule has 152 valence electrons. The molecule has 1 atom stereocenters. The molecular weight excluding hydrogens is 348 g/mol. The largest absolute Gasteiger partial charge is 0.327 e. The standard InChI is InChI=1S/C23H34N4O/c28-23-25-22(24-20-8-4-1-5-9-20)14-16-26-15-6-2-3-7-19-10-12-21(13-11-19)27(23)18-17-26/h10-13,20H,1-9,14-18H2,(H,24,25,28). The topological polar surface area (TPSA) is 47.9 Å². The monoisotopic (exact) mass is 382 g/mol. The molecule has 1 aromatic carbocycles. The second-order valence-electron chi connectivity index (χ2n) is 8.52. The van der Waals surface area contributed by atoms with Crippen molar-refractivity contribution in [1.82, 2.24) is 10.2 Å². The number of amides is 2. The van der Waals surface area contributed by atoms with Gasteiger partial charge < -0.3 is 4.90 Å². The van der Waals surface area contributed by atoms with Crippen molar-refractivity contribution >= 4 is 17.6 Å². The van der Waals surface area contributed by atoms with E-state index in [1.807, 2.05) is 4.90 Å². The lowest BCUT2D eigenvalue weighted by molar-refractivity contribution is 0.248. The van der Waals surface area contributed by atoms with E-state index in [1.54, 1.807) is 0 Å². The molecule has 5 rings (SSSR count). The van der Waals surface area contributed by atoms with E-state index < -0.39 is 0 Å². The summed E-state index contributed by atoms with van der Waals surface area (Å²) in [5, 5.41) is 3.17.